The van der Waals surface area contributed by atoms with Gasteiger partial charge in [0.25, 0.3) is 0 Å². The number of aryl methyl sites for hydroxylation is 1. The van der Waals surface area contributed by atoms with Gasteiger partial charge in [0.1, 0.15) is 18.1 Å². The summed E-state index contributed by atoms with van der Waals surface area (Å²) in [4.78, 5) is 12.1. The highest BCUT2D eigenvalue weighted by Crippen LogP contribution is 2.35. The summed E-state index contributed by atoms with van der Waals surface area (Å²) >= 11 is 0. The summed E-state index contributed by atoms with van der Waals surface area (Å²) in [6.07, 6.45) is 2.93. The summed E-state index contributed by atoms with van der Waals surface area (Å²) < 4.78 is 16.3. The number of ether oxygens (including phenoxy) is 3. The Morgan fingerprint density at radius 3 is 2.48 bits per heavy atom. The second-order valence-electron chi connectivity index (χ2n) is 6.63. The molecule has 0 N–H and O–H groups in total. The van der Waals surface area contributed by atoms with E-state index in [1.54, 1.807) is 7.11 Å². The Hall–Kier alpha value is -2.75. The van der Waals surface area contributed by atoms with Crippen molar-refractivity contribution in [3.63, 3.8) is 0 Å². The van der Waals surface area contributed by atoms with E-state index in [9.17, 15) is 4.79 Å². The van der Waals surface area contributed by atoms with Crippen LogP contribution in [0.15, 0.2) is 48.0 Å². The van der Waals surface area contributed by atoms with Crippen LogP contribution in [0.5, 0.6) is 11.5 Å². The van der Waals surface area contributed by atoms with E-state index in [1.165, 1.54) is 5.56 Å². The van der Waals surface area contributed by atoms with Crippen LogP contribution in [0.1, 0.15) is 43.4 Å². The molecule has 0 heterocycles. The lowest BCUT2D eigenvalue weighted by molar-refractivity contribution is -0.138. The van der Waals surface area contributed by atoms with E-state index in [0.29, 0.717) is 18.8 Å². The molecule has 4 nitrogen and oxygen atoms in total. The van der Waals surface area contributed by atoms with Crippen LogP contribution < -0.4 is 9.47 Å². The van der Waals surface area contributed by atoms with Crippen molar-refractivity contribution in [2.45, 2.75) is 39.7 Å². The number of carbonyl (C=O) groups is 1. The van der Waals surface area contributed by atoms with E-state index in [-0.39, 0.29) is 5.97 Å². The fourth-order valence-electron chi connectivity index (χ4n) is 3.39. The predicted octanol–water partition coefficient (Wildman–Crippen LogP) is 4.95. The fraction of sp³-hybridized carbons (Fsp3) is 0.348. The Labute approximate surface area is 160 Å². The fourth-order valence-corrected chi connectivity index (χ4v) is 3.39. The molecule has 1 aliphatic carbocycles. The van der Waals surface area contributed by atoms with Gasteiger partial charge < -0.3 is 14.2 Å². The number of allylic oxidation sites excluding steroid dienone is 1. The molecule has 4 heteroatoms. The van der Waals surface area contributed by atoms with Gasteiger partial charge in [0.2, 0.25) is 0 Å². The first-order valence-electron chi connectivity index (χ1n) is 9.38. The molecule has 0 spiro atoms. The van der Waals surface area contributed by atoms with Crippen molar-refractivity contribution in [3.8, 4) is 11.5 Å². The van der Waals surface area contributed by atoms with Crippen LogP contribution in [0, 0.1) is 0 Å². The number of fused-ring (bicyclic) bond motifs is 1. The molecular weight excluding hydrogens is 340 g/mol. The molecule has 0 unspecified atom stereocenters. The van der Waals surface area contributed by atoms with E-state index >= 15 is 0 Å². The van der Waals surface area contributed by atoms with Gasteiger partial charge in [-0.25, -0.2) is 4.79 Å². The first-order chi connectivity index (χ1) is 13.1. The van der Waals surface area contributed by atoms with Crippen molar-refractivity contribution in [2.24, 2.45) is 0 Å². The second-order valence-corrected chi connectivity index (χ2v) is 6.63. The maximum atomic E-state index is 12.1. The zero-order valence-corrected chi connectivity index (χ0v) is 16.2. The van der Waals surface area contributed by atoms with Crippen LogP contribution in [-0.4, -0.2) is 19.7 Å². The van der Waals surface area contributed by atoms with Crippen molar-refractivity contribution < 1.29 is 19.0 Å². The van der Waals surface area contributed by atoms with Crippen LogP contribution in [0.4, 0.5) is 0 Å². The summed E-state index contributed by atoms with van der Waals surface area (Å²) in [5, 5.41) is 0. The van der Waals surface area contributed by atoms with Gasteiger partial charge >= 0.3 is 5.97 Å². The summed E-state index contributed by atoms with van der Waals surface area (Å²) in [7, 11) is 1.66. The Bertz CT molecular complexity index is 834. The minimum Gasteiger partial charge on any atom is -0.497 e. The molecule has 0 bridgehead atoms. The molecule has 0 atom stereocenters. The van der Waals surface area contributed by atoms with Crippen LogP contribution in [-0.2, 0) is 22.6 Å². The summed E-state index contributed by atoms with van der Waals surface area (Å²) in [5.74, 6) is 1.46. The molecule has 0 radical (unpaired) electrons. The molecule has 0 saturated heterocycles. The quantitative estimate of drug-likeness (QED) is 0.536. The molecule has 0 amide bonds. The SMILES string of the molecule is CCOC(=O)C(C)=C1CCCc2cc(OCc3ccc(OC)cc3)ccc21. The van der Waals surface area contributed by atoms with Gasteiger partial charge in [-0.2, -0.15) is 0 Å². The van der Waals surface area contributed by atoms with Gasteiger partial charge in [0.05, 0.1) is 13.7 Å². The highest BCUT2D eigenvalue weighted by Gasteiger charge is 2.20. The number of benzene rings is 2. The molecule has 0 aromatic heterocycles. The number of rotatable bonds is 6. The molecule has 27 heavy (non-hydrogen) atoms. The van der Waals surface area contributed by atoms with Crippen LogP contribution >= 0.6 is 0 Å². The minimum absolute atomic E-state index is 0.222. The van der Waals surface area contributed by atoms with Crippen LogP contribution in [0.3, 0.4) is 0 Å². The normalized spacial score (nSPS) is 14.9. The summed E-state index contributed by atoms with van der Waals surface area (Å²) in [6.45, 7) is 4.59. The number of methoxy groups -OCH3 is 1. The van der Waals surface area contributed by atoms with Crippen molar-refractivity contribution >= 4 is 11.5 Å². The van der Waals surface area contributed by atoms with E-state index < -0.39 is 0 Å². The summed E-state index contributed by atoms with van der Waals surface area (Å²) in [6, 6.07) is 14.0. The molecule has 142 valence electrons. The molecule has 1 aliphatic rings. The number of hydrogen-bond donors (Lipinski definition) is 0. The Morgan fingerprint density at radius 2 is 1.78 bits per heavy atom. The van der Waals surface area contributed by atoms with Gasteiger partial charge in [-0.3, -0.25) is 0 Å². The third kappa shape index (κ3) is 4.51. The lowest BCUT2D eigenvalue weighted by Gasteiger charge is -2.22. The molecular formula is C23H26O4. The predicted molar refractivity (Wildman–Crippen MR) is 106 cm³/mol. The zero-order valence-electron chi connectivity index (χ0n) is 16.2. The van der Waals surface area contributed by atoms with Crippen molar-refractivity contribution in [2.75, 3.05) is 13.7 Å². The lowest BCUT2D eigenvalue weighted by atomic mass is 9.85. The van der Waals surface area contributed by atoms with Crippen LogP contribution in [0.2, 0.25) is 0 Å². The first-order valence-corrected chi connectivity index (χ1v) is 9.38. The number of hydrogen-bond acceptors (Lipinski definition) is 4. The maximum absolute atomic E-state index is 12.1. The van der Waals surface area contributed by atoms with E-state index in [2.05, 4.69) is 12.1 Å². The molecule has 0 fully saturated rings. The van der Waals surface area contributed by atoms with E-state index in [1.807, 2.05) is 44.2 Å². The molecule has 0 aliphatic heterocycles. The largest absolute Gasteiger partial charge is 0.497 e. The highest BCUT2D eigenvalue weighted by molar-refractivity contribution is 5.97. The molecule has 2 aromatic carbocycles. The minimum atomic E-state index is -0.222. The third-order valence-corrected chi connectivity index (χ3v) is 4.87. The Morgan fingerprint density at radius 1 is 1.04 bits per heavy atom. The monoisotopic (exact) mass is 366 g/mol. The van der Waals surface area contributed by atoms with E-state index in [0.717, 1.165) is 47.5 Å². The lowest BCUT2D eigenvalue weighted by Crippen LogP contribution is -2.11. The van der Waals surface area contributed by atoms with Crippen molar-refractivity contribution in [1.29, 1.82) is 0 Å². The Balaban J connectivity index is 1.75. The standard InChI is InChI=1S/C23H26O4/c1-4-26-23(24)16(2)21-7-5-6-18-14-20(12-13-22(18)21)27-15-17-8-10-19(25-3)11-9-17/h8-14H,4-7,15H2,1-3H3. The van der Waals surface area contributed by atoms with Gasteiger partial charge in [-0.15, -0.1) is 0 Å². The summed E-state index contributed by atoms with van der Waals surface area (Å²) in [5.41, 5.74) is 5.27. The topological polar surface area (TPSA) is 44.8 Å². The zero-order chi connectivity index (χ0) is 19.2. The van der Waals surface area contributed by atoms with E-state index in [4.69, 9.17) is 14.2 Å². The van der Waals surface area contributed by atoms with Crippen molar-refractivity contribution in [1.82, 2.24) is 0 Å². The second kappa shape index (κ2) is 8.76. The average Bonchev–Trinajstić information content (AvgIpc) is 2.71. The van der Waals surface area contributed by atoms with Gasteiger partial charge in [0, 0.05) is 5.57 Å². The van der Waals surface area contributed by atoms with Gasteiger partial charge in [-0.05, 0) is 79.6 Å². The maximum Gasteiger partial charge on any atom is 0.333 e. The number of esters is 1. The van der Waals surface area contributed by atoms with Gasteiger partial charge in [0.15, 0.2) is 0 Å². The van der Waals surface area contributed by atoms with Crippen molar-refractivity contribution in [3.05, 3.63) is 64.7 Å². The first kappa shape index (κ1) is 19.0. The average molecular weight is 366 g/mol. The third-order valence-electron chi connectivity index (χ3n) is 4.87. The Kier molecular flexibility index (Phi) is 6.17. The molecule has 2 aromatic rings. The van der Waals surface area contributed by atoms with Crippen LogP contribution in [0.25, 0.3) is 5.57 Å². The number of carbonyl (C=O) groups excluding carboxylic acids is 1. The van der Waals surface area contributed by atoms with Gasteiger partial charge in [-0.1, -0.05) is 18.2 Å². The molecule has 0 saturated carbocycles. The molecule has 3 rings (SSSR count). The highest BCUT2D eigenvalue weighted by atomic mass is 16.5. The smallest absolute Gasteiger partial charge is 0.333 e.